The van der Waals surface area contributed by atoms with E-state index in [9.17, 15) is 9.90 Å². The molecule has 2 heterocycles. The molecule has 0 aliphatic heterocycles. The molecule has 3 aromatic rings. The number of hydrogen-bond acceptors (Lipinski definition) is 5. The number of amides is 1. The number of benzene rings is 1. The molecule has 118 valence electrons. The number of aromatic nitrogens is 3. The maximum atomic E-state index is 12.2. The number of halogens is 1. The van der Waals surface area contributed by atoms with Gasteiger partial charge in [-0.15, -0.1) is 11.3 Å². The second kappa shape index (κ2) is 6.91. The van der Waals surface area contributed by atoms with Crippen molar-refractivity contribution in [3.8, 4) is 11.4 Å². The van der Waals surface area contributed by atoms with E-state index < -0.39 is 6.10 Å². The van der Waals surface area contributed by atoms with Crippen molar-refractivity contribution in [2.75, 3.05) is 6.54 Å². The lowest BCUT2D eigenvalue weighted by Gasteiger charge is -2.10. The Kier molecular flexibility index (Phi) is 4.71. The number of aromatic amines is 1. The Labute approximate surface area is 141 Å². The number of aliphatic hydroxyl groups is 1. The Balaban J connectivity index is 1.65. The van der Waals surface area contributed by atoms with Gasteiger partial charge in [0.25, 0.3) is 5.91 Å². The molecule has 0 bridgehead atoms. The van der Waals surface area contributed by atoms with Crippen LogP contribution >= 0.6 is 22.9 Å². The number of H-pyrrole nitrogens is 1. The van der Waals surface area contributed by atoms with E-state index in [2.05, 4.69) is 20.5 Å². The van der Waals surface area contributed by atoms with Crippen LogP contribution in [0.2, 0.25) is 4.34 Å². The molecule has 0 spiro atoms. The van der Waals surface area contributed by atoms with E-state index in [1.807, 2.05) is 6.07 Å². The molecule has 0 saturated carbocycles. The van der Waals surface area contributed by atoms with Crippen LogP contribution in [-0.4, -0.2) is 32.7 Å². The van der Waals surface area contributed by atoms with Crippen molar-refractivity contribution in [1.29, 1.82) is 0 Å². The number of hydrogen-bond donors (Lipinski definition) is 3. The zero-order chi connectivity index (χ0) is 16.2. The van der Waals surface area contributed by atoms with Crippen molar-refractivity contribution in [3.63, 3.8) is 0 Å². The monoisotopic (exact) mass is 348 g/mol. The Hall–Kier alpha value is -2.22. The zero-order valence-electron chi connectivity index (χ0n) is 11.9. The second-order valence-corrected chi connectivity index (χ2v) is 6.53. The van der Waals surface area contributed by atoms with E-state index in [1.54, 1.807) is 30.3 Å². The summed E-state index contributed by atoms with van der Waals surface area (Å²) in [5.74, 6) is 0.320. The molecule has 3 N–H and O–H groups in total. The van der Waals surface area contributed by atoms with Crippen molar-refractivity contribution < 1.29 is 9.90 Å². The van der Waals surface area contributed by atoms with Crippen LogP contribution in [0.15, 0.2) is 42.7 Å². The SMILES string of the molecule is O=C(NCC(O)c1ccc(Cl)s1)c1cccc(-c2ncn[nH]2)c1. The smallest absolute Gasteiger partial charge is 0.251 e. The standard InChI is InChI=1S/C15H13ClN4O2S/c16-13-5-4-12(23-13)11(21)7-17-15(22)10-3-1-2-9(6-10)14-18-8-19-20-14/h1-6,8,11,21H,7H2,(H,17,22)(H,18,19,20). The van der Waals surface area contributed by atoms with E-state index in [0.29, 0.717) is 20.6 Å². The molecule has 1 amide bonds. The minimum absolute atomic E-state index is 0.113. The number of nitrogens with zero attached hydrogens (tertiary/aromatic N) is 2. The molecule has 2 aromatic heterocycles. The highest BCUT2D eigenvalue weighted by Crippen LogP contribution is 2.26. The van der Waals surface area contributed by atoms with Gasteiger partial charge in [0.2, 0.25) is 0 Å². The van der Waals surface area contributed by atoms with E-state index >= 15 is 0 Å². The summed E-state index contributed by atoms with van der Waals surface area (Å²) < 4.78 is 0.602. The predicted octanol–water partition coefficient (Wildman–Crippen LogP) is 2.65. The summed E-state index contributed by atoms with van der Waals surface area (Å²) in [6.45, 7) is 0.113. The number of rotatable bonds is 5. The Bertz CT molecular complexity index is 803. The average Bonchev–Trinajstić information content (AvgIpc) is 3.24. The van der Waals surface area contributed by atoms with Gasteiger partial charge in [-0.05, 0) is 24.3 Å². The fourth-order valence-corrected chi connectivity index (χ4v) is 3.10. The Morgan fingerprint density at radius 2 is 2.26 bits per heavy atom. The van der Waals surface area contributed by atoms with Crippen LogP contribution < -0.4 is 5.32 Å². The maximum Gasteiger partial charge on any atom is 0.251 e. The summed E-state index contributed by atoms with van der Waals surface area (Å²) in [6, 6.07) is 10.5. The van der Waals surface area contributed by atoms with Gasteiger partial charge >= 0.3 is 0 Å². The fourth-order valence-electron chi connectivity index (χ4n) is 2.05. The number of aliphatic hydroxyl groups excluding tert-OH is 1. The van der Waals surface area contributed by atoms with E-state index in [4.69, 9.17) is 11.6 Å². The first-order chi connectivity index (χ1) is 11.1. The summed E-state index contributed by atoms with van der Waals surface area (Å²) >= 11 is 7.12. The third-order valence-electron chi connectivity index (χ3n) is 3.19. The molecule has 6 nitrogen and oxygen atoms in total. The normalized spacial score (nSPS) is 12.1. The highest BCUT2D eigenvalue weighted by Gasteiger charge is 2.13. The molecule has 0 radical (unpaired) electrons. The minimum atomic E-state index is -0.783. The molecule has 1 atom stereocenters. The van der Waals surface area contributed by atoms with E-state index in [1.165, 1.54) is 17.7 Å². The highest BCUT2D eigenvalue weighted by atomic mass is 35.5. The van der Waals surface area contributed by atoms with Gasteiger partial charge in [0, 0.05) is 22.5 Å². The Morgan fingerprint density at radius 3 is 2.96 bits per heavy atom. The second-order valence-electron chi connectivity index (χ2n) is 4.78. The van der Waals surface area contributed by atoms with Crippen LogP contribution in [0.4, 0.5) is 0 Å². The first-order valence-corrected chi connectivity index (χ1v) is 8.00. The molecule has 0 saturated heterocycles. The quantitative estimate of drug-likeness (QED) is 0.661. The molecular formula is C15H13ClN4O2S. The van der Waals surface area contributed by atoms with E-state index in [-0.39, 0.29) is 12.5 Å². The van der Waals surface area contributed by atoms with Crippen LogP contribution in [0.25, 0.3) is 11.4 Å². The molecule has 1 aromatic carbocycles. The molecule has 0 aliphatic carbocycles. The number of carbonyl (C=O) groups excluding carboxylic acids is 1. The lowest BCUT2D eigenvalue weighted by Crippen LogP contribution is -2.28. The van der Waals surface area contributed by atoms with Crippen molar-refractivity contribution in [2.24, 2.45) is 0 Å². The Morgan fingerprint density at radius 1 is 1.39 bits per heavy atom. The summed E-state index contributed by atoms with van der Waals surface area (Å²) in [6.07, 6.45) is 0.624. The minimum Gasteiger partial charge on any atom is -0.386 e. The van der Waals surface area contributed by atoms with Crippen molar-refractivity contribution in [1.82, 2.24) is 20.5 Å². The molecule has 0 fully saturated rings. The van der Waals surface area contributed by atoms with Crippen LogP contribution in [0.5, 0.6) is 0 Å². The molecule has 3 rings (SSSR count). The lowest BCUT2D eigenvalue weighted by molar-refractivity contribution is 0.0918. The van der Waals surface area contributed by atoms with Gasteiger partial charge in [-0.25, -0.2) is 4.98 Å². The fraction of sp³-hybridized carbons (Fsp3) is 0.133. The van der Waals surface area contributed by atoms with Gasteiger partial charge in [-0.2, -0.15) is 5.10 Å². The lowest BCUT2D eigenvalue weighted by atomic mass is 10.1. The third kappa shape index (κ3) is 3.76. The van der Waals surface area contributed by atoms with Crippen LogP contribution in [-0.2, 0) is 0 Å². The van der Waals surface area contributed by atoms with Crippen LogP contribution in [0.1, 0.15) is 21.3 Å². The van der Waals surface area contributed by atoms with Gasteiger partial charge in [-0.3, -0.25) is 9.89 Å². The van der Waals surface area contributed by atoms with Crippen molar-refractivity contribution in [2.45, 2.75) is 6.10 Å². The molecule has 0 aliphatic rings. The molecule has 23 heavy (non-hydrogen) atoms. The molecular weight excluding hydrogens is 336 g/mol. The van der Waals surface area contributed by atoms with Gasteiger partial charge in [-0.1, -0.05) is 23.7 Å². The van der Waals surface area contributed by atoms with Crippen LogP contribution in [0.3, 0.4) is 0 Å². The number of thiophene rings is 1. The average molecular weight is 349 g/mol. The van der Waals surface area contributed by atoms with Crippen molar-refractivity contribution in [3.05, 3.63) is 57.5 Å². The summed E-state index contributed by atoms with van der Waals surface area (Å²) in [7, 11) is 0. The molecule has 8 heteroatoms. The first-order valence-electron chi connectivity index (χ1n) is 6.81. The van der Waals surface area contributed by atoms with Gasteiger partial charge in [0.15, 0.2) is 5.82 Å². The third-order valence-corrected chi connectivity index (χ3v) is 4.52. The first kappa shape index (κ1) is 15.7. The topological polar surface area (TPSA) is 90.9 Å². The van der Waals surface area contributed by atoms with Crippen molar-refractivity contribution >= 4 is 28.8 Å². The molecule has 1 unspecified atom stereocenters. The van der Waals surface area contributed by atoms with Crippen LogP contribution in [0, 0.1) is 0 Å². The summed E-state index contributed by atoms with van der Waals surface area (Å²) in [5, 5.41) is 19.3. The number of nitrogens with one attached hydrogen (secondary N) is 2. The maximum absolute atomic E-state index is 12.2. The predicted molar refractivity (Wildman–Crippen MR) is 88.4 cm³/mol. The van der Waals surface area contributed by atoms with Gasteiger partial charge < -0.3 is 10.4 Å². The van der Waals surface area contributed by atoms with Gasteiger partial charge in [0.1, 0.15) is 12.4 Å². The summed E-state index contributed by atoms with van der Waals surface area (Å²) in [5.41, 5.74) is 1.25. The highest BCUT2D eigenvalue weighted by molar-refractivity contribution is 7.16. The van der Waals surface area contributed by atoms with E-state index in [0.717, 1.165) is 5.56 Å². The van der Waals surface area contributed by atoms with Gasteiger partial charge in [0.05, 0.1) is 4.34 Å². The number of carbonyl (C=O) groups is 1. The zero-order valence-corrected chi connectivity index (χ0v) is 13.4. The summed E-state index contributed by atoms with van der Waals surface area (Å²) in [4.78, 5) is 17.0. The largest absolute Gasteiger partial charge is 0.386 e.